The predicted molar refractivity (Wildman–Crippen MR) is 113 cm³/mol. The zero-order chi connectivity index (χ0) is 19.9. The van der Waals surface area contributed by atoms with Gasteiger partial charge in [-0.05, 0) is 49.4 Å². The van der Waals surface area contributed by atoms with Gasteiger partial charge in [0.05, 0.1) is 18.5 Å². The van der Waals surface area contributed by atoms with E-state index in [-0.39, 0.29) is 5.91 Å². The van der Waals surface area contributed by atoms with Crippen molar-refractivity contribution in [3.05, 3.63) is 77.8 Å². The highest BCUT2D eigenvalue weighted by atomic mass is 35.5. The Morgan fingerprint density at radius 3 is 2.39 bits per heavy atom. The second-order valence-corrected chi connectivity index (χ2v) is 6.55. The summed E-state index contributed by atoms with van der Waals surface area (Å²) < 4.78 is 11.2. The molecular formula is C22H21ClN2O3. The summed E-state index contributed by atoms with van der Waals surface area (Å²) in [7, 11) is 1.54. The van der Waals surface area contributed by atoms with Gasteiger partial charge in [-0.3, -0.25) is 4.79 Å². The molecular weight excluding hydrogens is 376 g/mol. The molecule has 0 heterocycles. The summed E-state index contributed by atoms with van der Waals surface area (Å²) in [6, 6.07) is 21.5. The first-order chi connectivity index (χ1) is 13.6. The number of halogens is 1. The number of rotatable bonds is 7. The second-order valence-electron chi connectivity index (χ2n) is 6.11. The Labute approximate surface area is 169 Å². The van der Waals surface area contributed by atoms with Crippen LogP contribution in [0.25, 0.3) is 0 Å². The van der Waals surface area contributed by atoms with Crippen molar-refractivity contribution in [3.63, 3.8) is 0 Å². The minimum atomic E-state index is -0.524. The summed E-state index contributed by atoms with van der Waals surface area (Å²) in [5, 5.41) is 6.54. The molecule has 0 aliphatic rings. The minimum Gasteiger partial charge on any atom is -0.495 e. The largest absolute Gasteiger partial charge is 0.495 e. The SMILES string of the molecule is COc1ccc(Cl)cc1NC(=O)[C@H](C)Nc1ccccc1Oc1ccccc1. The highest BCUT2D eigenvalue weighted by Gasteiger charge is 2.17. The van der Waals surface area contributed by atoms with E-state index < -0.39 is 6.04 Å². The molecule has 0 fully saturated rings. The van der Waals surface area contributed by atoms with Gasteiger partial charge in [-0.25, -0.2) is 0 Å². The quantitative estimate of drug-likeness (QED) is 0.547. The third kappa shape index (κ3) is 4.96. The summed E-state index contributed by atoms with van der Waals surface area (Å²) in [6.45, 7) is 1.77. The molecule has 1 atom stereocenters. The Hall–Kier alpha value is -3.18. The van der Waals surface area contributed by atoms with Crippen LogP contribution in [-0.2, 0) is 4.79 Å². The Morgan fingerprint density at radius 1 is 0.929 bits per heavy atom. The number of methoxy groups -OCH3 is 1. The lowest BCUT2D eigenvalue weighted by atomic mass is 10.2. The van der Waals surface area contributed by atoms with Crippen LogP contribution >= 0.6 is 11.6 Å². The number of hydrogen-bond donors (Lipinski definition) is 2. The molecule has 0 radical (unpaired) electrons. The maximum absolute atomic E-state index is 12.7. The summed E-state index contributed by atoms with van der Waals surface area (Å²) in [5.74, 6) is 1.67. The maximum atomic E-state index is 12.7. The van der Waals surface area contributed by atoms with Crippen LogP contribution < -0.4 is 20.1 Å². The smallest absolute Gasteiger partial charge is 0.246 e. The number of benzene rings is 3. The minimum absolute atomic E-state index is 0.227. The molecule has 28 heavy (non-hydrogen) atoms. The van der Waals surface area contributed by atoms with Crippen molar-refractivity contribution in [1.82, 2.24) is 0 Å². The van der Waals surface area contributed by atoms with Crippen LogP contribution in [0.1, 0.15) is 6.92 Å². The summed E-state index contributed by atoms with van der Waals surface area (Å²) in [4.78, 5) is 12.7. The topological polar surface area (TPSA) is 59.6 Å². The highest BCUT2D eigenvalue weighted by Crippen LogP contribution is 2.30. The van der Waals surface area contributed by atoms with Gasteiger partial charge in [0.2, 0.25) is 5.91 Å². The first kappa shape index (κ1) is 19.6. The van der Waals surface area contributed by atoms with Crippen molar-refractivity contribution in [2.24, 2.45) is 0 Å². The van der Waals surface area contributed by atoms with Gasteiger partial charge in [0, 0.05) is 5.02 Å². The molecule has 0 spiro atoms. The van der Waals surface area contributed by atoms with Gasteiger partial charge in [-0.2, -0.15) is 0 Å². The van der Waals surface area contributed by atoms with Crippen LogP contribution in [-0.4, -0.2) is 19.1 Å². The molecule has 6 heteroatoms. The fourth-order valence-electron chi connectivity index (χ4n) is 2.61. The van der Waals surface area contributed by atoms with Crippen LogP contribution in [0.2, 0.25) is 5.02 Å². The Bertz CT molecular complexity index is 948. The zero-order valence-electron chi connectivity index (χ0n) is 15.6. The third-order valence-electron chi connectivity index (χ3n) is 4.04. The molecule has 3 aromatic rings. The van der Waals surface area contributed by atoms with Crippen LogP contribution in [0.3, 0.4) is 0 Å². The maximum Gasteiger partial charge on any atom is 0.246 e. The normalized spacial score (nSPS) is 11.4. The number of carbonyl (C=O) groups excluding carboxylic acids is 1. The van der Waals surface area contributed by atoms with E-state index in [1.807, 2.05) is 54.6 Å². The van der Waals surface area contributed by atoms with Gasteiger partial charge < -0.3 is 20.1 Å². The highest BCUT2D eigenvalue weighted by molar-refractivity contribution is 6.31. The van der Waals surface area contributed by atoms with E-state index in [0.29, 0.717) is 27.9 Å². The number of carbonyl (C=O) groups is 1. The zero-order valence-corrected chi connectivity index (χ0v) is 16.4. The van der Waals surface area contributed by atoms with Gasteiger partial charge >= 0.3 is 0 Å². The molecule has 0 aliphatic heterocycles. The molecule has 0 bridgehead atoms. The molecule has 3 aromatic carbocycles. The van der Waals surface area contributed by atoms with E-state index in [1.165, 1.54) is 7.11 Å². The van der Waals surface area contributed by atoms with E-state index >= 15 is 0 Å². The van der Waals surface area contributed by atoms with Gasteiger partial charge in [-0.1, -0.05) is 41.9 Å². The summed E-state index contributed by atoms with van der Waals surface area (Å²) in [6.07, 6.45) is 0. The Morgan fingerprint density at radius 2 is 1.64 bits per heavy atom. The van der Waals surface area contributed by atoms with Crippen LogP contribution in [0.15, 0.2) is 72.8 Å². The van der Waals surface area contributed by atoms with Crippen molar-refractivity contribution >= 4 is 28.9 Å². The molecule has 1 amide bonds. The van der Waals surface area contributed by atoms with Crippen LogP contribution in [0.5, 0.6) is 17.2 Å². The molecule has 2 N–H and O–H groups in total. The fraction of sp³-hybridized carbons (Fsp3) is 0.136. The molecule has 144 valence electrons. The lowest BCUT2D eigenvalue weighted by Gasteiger charge is -2.19. The lowest BCUT2D eigenvalue weighted by molar-refractivity contribution is -0.116. The molecule has 0 aliphatic carbocycles. The van der Waals surface area contributed by atoms with Crippen LogP contribution in [0, 0.1) is 0 Å². The Balaban J connectivity index is 1.72. The number of para-hydroxylation sites is 3. The number of nitrogens with one attached hydrogen (secondary N) is 2. The van der Waals surface area contributed by atoms with E-state index in [0.717, 1.165) is 5.75 Å². The van der Waals surface area contributed by atoms with E-state index in [4.69, 9.17) is 21.1 Å². The predicted octanol–water partition coefficient (Wildman–Crippen LogP) is 5.58. The number of hydrogen-bond acceptors (Lipinski definition) is 4. The summed E-state index contributed by atoms with van der Waals surface area (Å²) in [5.41, 5.74) is 1.23. The molecule has 0 saturated carbocycles. The Kier molecular flexibility index (Phi) is 6.40. The van der Waals surface area contributed by atoms with Crippen LogP contribution in [0.4, 0.5) is 11.4 Å². The number of ether oxygens (including phenoxy) is 2. The van der Waals surface area contributed by atoms with E-state index in [2.05, 4.69) is 10.6 Å². The van der Waals surface area contributed by atoms with Gasteiger partial charge in [0.1, 0.15) is 17.5 Å². The van der Waals surface area contributed by atoms with Crippen molar-refractivity contribution in [2.45, 2.75) is 13.0 Å². The first-order valence-corrected chi connectivity index (χ1v) is 9.17. The van der Waals surface area contributed by atoms with Crippen molar-refractivity contribution in [3.8, 4) is 17.2 Å². The van der Waals surface area contributed by atoms with Crippen molar-refractivity contribution in [1.29, 1.82) is 0 Å². The molecule has 0 aromatic heterocycles. The fourth-order valence-corrected chi connectivity index (χ4v) is 2.78. The number of anilines is 2. The average molecular weight is 397 g/mol. The lowest BCUT2D eigenvalue weighted by Crippen LogP contribution is -2.32. The standard InChI is InChI=1S/C22H21ClN2O3/c1-15(22(26)25-19-14-16(23)12-13-20(19)27-2)24-18-10-6-7-11-21(18)28-17-8-4-3-5-9-17/h3-15,24H,1-2H3,(H,25,26)/t15-/m0/s1. The van der Waals surface area contributed by atoms with Crippen molar-refractivity contribution < 1.29 is 14.3 Å². The van der Waals surface area contributed by atoms with E-state index in [9.17, 15) is 4.79 Å². The third-order valence-corrected chi connectivity index (χ3v) is 4.28. The molecule has 0 unspecified atom stereocenters. The van der Waals surface area contributed by atoms with Gasteiger partial charge in [0.25, 0.3) is 0 Å². The van der Waals surface area contributed by atoms with E-state index in [1.54, 1.807) is 25.1 Å². The summed E-state index contributed by atoms with van der Waals surface area (Å²) >= 11 is 6.03. The second kappa shape index (κ2) is 9.15. The average Bonchev–Trinajstić information content (AvgIpc) is 2.70. The van der Waals surface area contributed by atoms with Gasteiger partial charge in [-0.15, -0.1) is 0 Å². The molecule has 0 saturated heterocycles. The number of amides is 1. The molecule has 5 nitrogen and oxygen atoms in total. The van der Waals surface area contributed by atoms with Crippen molar-refractivity contribution in [2.75, 3.05) is 17.7 Å². The molecule has 3 rings (SSSR count). The first-order valence-electron chi connectivity index (χ1n) is 8.79. The monoisotopic (exact) mass is 396 g/mol. The van der Waals surface area contributed by atoms with Gasteiger partial charge in [0.15, 0.2) is 5.75 Å².